The van der Waals surface area contributed by atoms with Gasteiger partial charge in [0.05, 0.1) is 16.3 Å². The summed E-state index contributed by atoms with van der Waals surface area (Å²) in [5.41, 5.74) is -1.52. The highest BCUT2D eigenvalue weighted by Crippen LogP contribution is 2.37. The van der Waals surface area contributed by atoms with Gasteiger partial charge in [-0.3, -0.25) is 15.0 Å². The van der Waals surface area contributed by atoms with E-state index in [2.05, 4.69) is 25.3 Å². The summed E-state index contributed by atoms with van der Waals surface area (Å²) in [5, 5.41) is 27.0. The SMILES string of the molecule is CC(C)(C)N(C(=O)O)c1ccc(OC(F)(F)F)cc1Nc1ncc([N+](=O)[O-])c(NC2CCOCC2)n1. The molecule has 2 heterocycles. The van der Waals surface area contributed by atoms with Gasteiger partial charge in [0.25, 0.3) is 0 Å². The second kappa shape index (κ2) is 10.4. The zero-order chi connectivity index (χ0) is 26.7. The number of halogens is 3. The fraction of sp³-hybridized carbons (Fsp3) is 0.476. The third-order valence-electron chi connectivity index (χ3n) is 5.08. The second-order valence-corrected chi connectivity index (χ2v) is 8.86. The van der Waals surface area contributed by atoms with Crippen LogP contribution in [-0.2, 0) is 4.74 Å². The normalized spacial score (nSPS) is 14.7. The van der Waals surface area contributed by atoms with Gasteiger partial charge in [0.2, 0.25) is 11.8 Å². The average molecular weight is 514 g/mol. The molecule has 0 unspecified atom stereocenters. The van der Waals surface area contributed by atoms with Crippen LogP contribution in [0.25, 0.3) is 0 Å². The summed E-state index contributed by atoms with van der Waals surface area (Å²) in [5.74, 6) is -0.921. The number of amides is 1. The molecule has 0 aliphatic carbocycles. The van der Waals surface area contributed by atoms with E-state index in [4.69, 9.17) is 4.74 Å². The van der Waals surface area contributed by atoms with E-state index in [1.165, 1.54) is 0 Å². The summed E-state index contributed by atoms with van der Waals surface area (Å²) in [4.78, 5) is 31.8. The van der Waals surface area contributed by atoms with Crippen molar-refractivity contribution in [1.82, 2.24) is 9.97 Å². The van der Waals surface area contributed by atoms with Crippen molar-refractivity contribution in [2.75, 3.05) is 28.7 Å². The van der Waals surface area contributed by atoms with Gasteiger partial charge >= 0.3 is 18.1 Å². The van der Waals surface area contributed by atoms with Crippen molar-refractivity contribution < 1.29 is 37.5 Å². The van der Waals surface area contributed by atoms with Gasteiger partial charge in [-0.1, -0.05) is 0 Å². The minimum Gasteiger partial charge on any atom is -0.465 e. The van der Waals surface area contributed by atoms with Crippen LogP contribution in [0.3, 0.4) is 0 Å². The van der Waals surface area contributed by atoms with E-state index in [0.717, 1.165) is 29.3 Å². The predicted octanol–water partition coefficient (Wildman–Crippen LogP) is 4.90. The Morgan fingerprint density at radius 3 is 2.50 bits per heavy atom. The highest BCUT2D eigenvalue weighted by molar-refractivity contribution is 5.93. The number of anilines is 4. The largest absolute Gasteiger partial charge is 0.573 e. The number of nitrogens with one attached hydrogen (secondary N) is 2. The molecule has 1 saturated heterocycles. The molecule has 1 fully saturated rings. The average Bonchev–Trinajstić information content (AvgIpc) is 2.74. The lowest BCUT2D eigenvalue weighted by Crippen LogP contribution is -2.45. The number of alkyl halides is 3. The van der Waals surface area contributed by atoms with E-state index in [9.17, 15) is 33.2 Å². The fourth-order valence-corrected chi connectivity index (χ4v) is 3.59. The van der Waals surface area contributed by atoms with Crippen molar-refractivity contribution in [2.45, 2.75) is 51.6 Å². The summed E-state index contributed by atoms with van der Waals surface area (Å²) in [6.07, 6.45) is -4.22. The van der Waals surface area contributed by atoms with Crippen molar-refractivity contribution in [3.05, 3.63) is 34.5 Å². The van der Waals surface area contributed by atoms with Crippen molar-refractivity contribution in [3.63, 3.8) is 0 Å². The van der Waals surface area contributed by atoms with E-state index in [1.54, 1.807) is 20.8 Å². The maximum Gasteiger partial charge on any atom is 0.573 e. The summed E-state index contributed by atoms with van der Waals surface area (Å²) < 4.78 is 47.7. The molecule has 1 aromatic carbocycles. The Morgan fingerprint density at radius 2 is 1.94 bits per heavy atom. The van der Waals surface area contributed by atoms with Crippen molar-refractivity contribution >= 4 is 34.9 Å². The van der Waals surface area contributed by atoms with Crippen LogP contribution in [0.15, 0.2) is 24.4 Å². The molecule has 0 spiro atoms. The van der Waals surface area contributed by atoms with Crippen molar-refractivity contribution in [3.8, 4) is 5.75 Å². The number of ether oxygens (including phenoxy) is 2. The molecule has 0 bridgehead atoms. The van der Waals surface area contributed by atoms with E-state index in [-0.39, 0.29) is 29.2 Å². The van der Waals surface area contributed by atoms with Crippen LogP contribution in [0, 0.1) is 10.1 Å². The molecular weight excluding hydrogens is 489 g/mol. The van der Waals surface area contributed by atoms with Crippen LogP contribution in [0.5, 0.6) is 5.75 Å². The molecule has 0 atom stereocenters. The number of aromatic nitrogens is 2. The van der Waals surface area contributed by atoms with E-state index in [0.29, 0.717) is 26.1 Å². The molecule has 196 valence electrons. The topological polar surface area (TPSA) is 152 Å². The molecule has 1 aliphatic heterocycles. The van der Waals surface area contributed by atoms with Crippen LogP contribution in [0.4, 0.5) is 46.8 Å². The third-order valence-corrected chi connectivity index (χ3v) is 5.08. The van der Waals surface area contributed by atoms with Gasteiger partial charge in [0, 0.05) is 30.9 Å². The van der Waals surface area contributed by atoms with E-state index >= 15 is 0 Å². The van der Waals surface area contributed by atoms with E-state index in [1.807, 2.05) is 0 Å². The van der Waals surface area contributed by atoms with Gasteiger partial charge in [-0.05, 0) is 45.7 Å². The lowest BCUT2D eigenvalue weighted by molar-refractivity contribution is -0.384. The van der Waals surface area contributed by atoms with E-state index < -0.39 is 34.4 Å². The van der Waals surface area contributed by atoms with Gasteiger partial charge in [-0.15, -0.1) is 13.2 Å². The Balaban J connectivity index is 2.04. The number of carbonyl (C=O) groups is 1. The molecule has 1 aromatic heterocycles. The molecule has 36 heavy (non-hydrogen) atoms. The lowest BCUT2D eigenvalue weighted by Gasteiger charge is -2.34. The first-order valence-electron chi connectivity index (χ1n) is 10.8. The van der Waals surface area contributed by atoms with Crippen LogP contribution < -0.4 is 20.3 Å². The minimum atomic E-state index is -4.99. The van der Waals surface area contributed by atoms with Gasteiger partial charge in [0.1, 0.15) is 11.9 Å². The molecule has 2 aromatic rings. The first kappa shape index (κ1) is 26.7. The minimum absolute atomic E-state index is 0.00887. The Kier molecular flexibility index (Phi) is 7.71. The highest BCUT2D eigenvalue weighted by atomic mass is 19.4. The molecule has 0 radical (unpaired) electrons. The van der Waals surface area contributed by atoms with Gasteiger partial charge in [-0.25, -0.2) is 9.78 Å². The second-order valence-electron chi connectivity index (χ2n) is 8.86. The molecular formula is C21H25F3N6O6. The van der Waals surface area contributed by atoms with Crippen LogP contribution in [-0.4, -0.2) is 57.2 Å². The summed E-state index contributed by atoms with van der Waals surface area (Å²) in [7, 11) is 0. The maximum absolute atomic E-state index is 12.8. The summed E-state index contributed by atoms with van der Waals surface area (Å²) >= 11 is 0. The number of carboxylic acid groups (broad SMARTS) is 1. The zero-order valence-corrected chi connectivity index (χ0v) is 19.6. The van der Waals surface area contributed by atoms with Crippen molar-refractivity contribution in [1.29, 1.82) is 0 Å². The molecule has 15 heteroatoms. The number of hydrogen-bond donors (Lipinski definition) is 3. The third kappa shape index (κ3) is 6.84. The monoisotopic (exact) mass is 514 g/mol. The number of benzene rings is 1. The lowest BCUT2D eigenvalue weighted by atomic mass is 10.0. The molecule has 1 amide bonds. The summed E-state index contributed by atoms with van der Waals surface area (Å²) in [6, 6.07) is 2.92. The molecule has 3 N–H and O–H groups in total. The quantitative estimate of drug-likeness (QED) is 0.343. The van der Waals surface area contributed by atoms with Crippen LogP contribution in [0.1, 0.15) is 33.6 Å². The number of nitrogens with zero attached hydrogens (tertiary/aromatic N) is 4. The standard InChI is InChI=1S/C21H25F3N6O6/c1-20(2,3)29(19(31)32)15-5-4-13(36-21(22,23)24)10-14(15)27-18-25-11-16(30(33)34)17(28-18)26-12-6-8-35-9-7-12/h4-5,10-12H,6-9H2,1-3H3,(H,31,32)(H2,25,26,27,28). The number of hydrogen-bond acceptors (Lipinski definition) is 9. The van der Waals surface area contributed by atoms with Gasteiger partial charge in [-0.2, -0.15) is 4.98 Å². The Hall–Kier alpha value is -3.88. The Labute approximate surface area is 203 Å². The molecule has 3 rings (SSSR count). The van der Waals surface area contributed by atoms with Gasteiger partial charge < -0.3 is 25.2 Å². The predicted molar refractivity (Wildman–Crippen MR) is 123 cm³/mol. The van der Waals surface area contributed by atoms with Crippen LogP contribution in [0.2, 0.25) is 0 Å². The highest BCUT2D eigenvalue weighted by Gasteiger charge is 2.34. The molecule has 12 nitrogen and oxygen atoms in total. The smallest absolute Gasteiger partial charge is 0.465 e. The Morgan fingerprint density at radius 1 is 1.28 bits per heavy atom. The van der Waals surface area contributed by atoms with Crippen molar-refractivity contribution in [2.24, 2.45) is 0 Å². The first-order valence-corrected chi connectivity index (χ1v) is 10.8. The number of nitro groups is 1. The van der Waals surface area contributed by atoms with Gasteiger partial charge in [0.15, 0.2) is 0 Å². The number of rotatable bonds is 7. The Bertz CT molecular complexity index is 1120. The molecule has 1 aliphatic rings. The molecule has 0 saturated carbocycles. The first-order chi connectivity index (χ1) is 16.7. The fourth-order valence-electron chi connectivity index (χ4n) is 3.59. The van der Waals surface area contributed by atoms with Crippen LogP contribution >= 0.6 is 0 Å². The zero-order valence-electron chi connectivity index (χ0n) is 19.6. The summed E-state index contributed by atoms with van der Waals surface area (Å²) in [6.45, 7) is 5.74. The maximum atomic E-state index is 12.8.